The Kier molecular flexibility index (Phi) is 8.60. The van der Waals surface area contributed by atoms with Crippen molar-refractivity contribution in [3.8, 4) is 23.0 Å². The van der Waals surface area contributed by atoms with Gasteiger partial charge in [0.25, 0.3) is 6.43 Å². The first-order chi connectivity index (χ1) is 18.2. The number of anilines is 1. The first-order valence-corrected chi connectivity index (χ1v) is 12.4. The Balaban J connectivity index is 1.52. The lowest BCUT2D eigenvalue weighted by atomic mass is 10.0. The molecule has 0 amide bonds. The van der Waals surface area contributed by atoms with E-state index in [2.05, 4.69) is 4.98 Å². The van der Waals surface area contributed by atoms with Crippen LogP contribution in [-0.2, 0) is 9.26 Å². The fraction of sp³-hybridized carbons (Fsp3) is 0.333. The molecule has 1 aromatic heterocycles. The van der Waals surface area contributed by atoms with Crippen LogP contribution < -0.4 is 29.9 Å². The molecule has 14 heteroatoms. The van der Waals surface area contributed by atoms with Crippen molar-refractivity contribution in [2.45, 2.75) is 31.1 Å². The van der Waals surface area contributed by atoms with Crippen LogP contribution in [0.4, 0.5) is 19.0 Å². The molecule has 0 saturated carbocycles. The van der Waals surface area contributed by atoms with Gasteiger partial charge in [0, 0.05) is 0 Å². The van der Waals surface area contributed by atoms with E-state index in [9.17, 15) is 18.0 Å². The number of methoxy groups -OCH3 is 2. The summed E-state index contributed by atoms with van der Waals surface area (Å²) in [7, 11) is 0.778. The highest BCUT2D eigenvalue weighted by Gasteiger charge is 2.50. The molecule has 2 unspecified atom stereocenters. The maximum atomic E-state index is 14.3. The predicted molar refractivity (Wildman–Crippen MR) is 131 cm³/mol. The van der Waals surface area contributed by atoms with Crippen LogP contribution in [0, 0.1) is 5.82 Å². The van der Waals surface area contributed by atoms with Gasteiger partial charge in [-0.25, -0.2) is 18.0 Å². The second kappa shape index (κ2) is 11.9. The minimum atomic E-state index is -3.01. The van der Waals surface area contributed by atoms with E-state index >= 15 is 0 Å². The molecule has 2 aromatic carbocycles. The lowest BCUT2D eigenvalue weighted by Gasteiger charge is -2.29. The molecule has 0 bridgehead atoms. The van der Waals surface area contributed by atoms with Crippen LogP contribution in [0.2, 0.25) is 0 Å². The van der Waals surface area contributed by atoms with E-state index < -0.39 is 50.8 Å². The van der Waals surface area contributed by atoms with Crippen molar-refractivity contribution in [3.05, 3.63) is 71.0 Å². The van der Waals surface area contributed by atoms with Gasteiger partial charge in [-0.2, -0.15) is 4.98 Å². The van der Waals surface area contributed by atoms with E-state index in [0.29, 0.717) is 23.0 Å². The molecule has 2 heterocycles. The number of nitrogens with zero attached hydrogens (tertiary/aromatic N) is 2. The van der Waals surface area contributed by atoms with E-state index in [-0.39, 0.29) is 12.8 Å². The van der Waals surface area contributed by atoms with Crippen molar-refractivity contribution in [1.29, 1.82) is 0 Å². The first kappa shape index (κ1) is 27.5. The van der Waals surface area contributed by atoms with Gasteiger partial charge in [0.2, 0.25) is 0 Å². The molecule has 0 spiro atoms. The first-order valence-electron chi connectivity index (χ1n) is 11.3. The quantitative estimate of drug-likeness (QED) is 0.336. The Morgan fingerprint density at radius 1 is 1.05 bits per heavy atom. The van der Waals surface area contributed by atoms with E-state index in [0.717, 1.165) is 10.8 Å². The summed E-state index contributed by atoms with van der Waals surface area (Å²) in [5, 5.41) is 0. The summed E-state index contributed by atoms with van der Waals surface area (Å²) in [5.41, 5.74) is 2.27. The number of benzene rings is 2. The van der Waals surface area contributed by atoms with Gasteiger partial charge < -0.3 is 29.0 Å². The molecular formula is C24H25F3N3O7P. The molecule has 0 aliphatic carbocycles. The summed E-state index contributed by atoms with van der Waals surface area (Å²) in [6.45, 7) is -0.640. The van der Waals surface area contributed by atoms with Gasteiger partial charge in [0.05, 0.1) is 27.0 Å². The summed E-state index contributed by atoms with van der Waals surface area (Å²) < 4.78 is 76.5. The normalized spacial score (nSPS) is 19.1. The standard InChI is InChI=1S/C24H25F3N3O7P/c1-32-15-3-7-17(8-4-15)36-38(37-18-9-5-16(33-2)6-10-18)34-14-24(22(26)27)12-11-20(35-24)30-13-19(25)21(28)29-23(30)31/h3-10,13,20,22H,11-12,14H2,1-2H3,(H2,28,29,31). The zero-order chi connectivity index (χ0) is 27.3. The smallest absolute Gasteiger partial charge is 0.463 e. The van der Waals surface area contributed by atoms with E-state index in [1.54, 1.807) is 48.5 Å². The number of alkyl halides is 2. The highest BCUT2D eigenvalue weighted by molar-refractivity contribution is 7.42. The number of hydrogen-bond acceptors (Lipinski definition) is 9. The van der Waals surface area contributed by atoms with E-state index in [4.69, 9.17) is 33.5 Å². The average molecular weight is 555 g/mol. The van der Waals surface area contributed by atoms with E-state index in [1.165, 1.54) is 14.2 Å². The second-order valence-electron chi connectivity index (χ2n) is 8.17. The summed E-state index contributed by atoms with van der Waals surface area (Å²) >= 11 is 0. The average Bonchev–Trinajstić information content (AvgIpc) is 3.36. The Bertz CT molecular complexity index is 1230. The third-order valence-corrected chi connectivity index (χ3v) is 6.78. The molecule has 1 fully saturated rings. The van der Waals surface area contributed by atoms with Crippen molar-refractivity contribution in [1.82, 2.24) is 9.55 Å². The fourth-order valence-electron chi connectivity index (χ4n) is 3.62. The maximum Gasteiger partial charge on any atom is 0.463 e. The van der Waals surface area contributed by atoms with Crippen LogP contribution in [0.25, 0.3) is 0 Å². The third kappa shape index (κ3) is 6.29. The Morgan fingerprint density at radius 2 is 1.58 bits per heavy atom. The van der Waals surface area contributed by atoms with Gasteiger partial charge >= 0.3 is 14.3 Å². The third-order valence-electron chi connectivity index (χ3n) is 5.72. The minimum absolute atomic E-state index is 0.0186. The summed E-state index contributed by atoms with van der Waals surface area (Å²) in [6, 6.07) is 13.0. The maximum absolute atomic E-state index is 14.3. The number of rotatable bonds is 11. The minimum Gasteiger partial charge on any atom is -0.497 e. The Hall–Kier alpha value is -3.54. The lowest BCUT2D eigenvalue weighted by Crippen LogP contribution is -2.42. The van der Waals surface area contributed by atoms with Crippen molar-refractivity contribution < 1.29 is 41.0 Å². The van der Waals surface area contributed by atoms with Crippen LogP contribution >= 0.6 is 8.60 Å². The number of halogens is 3. The number of hydrogen-bond donors (Lipinski definition) is 1. The lowest BCUT2D eigenvalue weighted by molar-refractivity contribution is -0.166. The molecule has 204 valence electrons. The van der Waals surface area contributed by atoms with Crippen LogP contribution in [-0.4, -0.2) is 42.4 Å². The summed E-state index contributed by atoms with van der Waals surface area (Å²) in [6.07, 6.45) is -3.63. The van der Waals surface area contributed by atoms with Crippen LogP contribution in [0.3, 0.4) is 0 Å². The molecule has 2 N–H and O–H groups in total. The molecule has 1 aliphatic heterocycles. The largest absolute Gasteiger partial charge is 0.497 e. The molecule has 38 heavy (non-hydrogen) atoms. The Morgan fingerprint density at radius 3 is 2.08 bits per heavy atom. The SMILES string of the molecule is COc1ccc(OP(OCC2(C(F)F)CCC(n3cc(F)c(N)nc3=O)O2)Oc2ccc(OC)cc2)cc1. The van der Waals surface area contributed by atoms with Crippen LogP contribution in [0.5, 0.6) is 23.0 Å². The van der Waals surface area contributed by atoms with Gasteiger partial charge in [0.1, 0.15) is 29.2 Å². The molecular weight excluding hydrogens is 530 g/mol. The van der Waals surface area contributed by atoms with Gasteiger partial charge in [-0.05, 0) is 61.4 Å². The van der Waals surface area contributed by atoms with Gasteiger partial charge in [-0.1, -0.05) is 0 Å². The highest BCUT2D eigenvalue weighted by atomic mass is 31.2. The second-order valence-corrected chi connectivity index (χ2v) is 9.24. The zero-order valence-electron chi connectivity index (χ0n) is 20.4. The highest BCUT2D eigenvalue weighted by Crippen LogP contribution is 2.47. The van der Waals surface area contributed by atoms with Crippen molar-refractivity contribution in [2.24, 2.45) is 0 Å². The fourth-order valence-corrected chi connectivity index (χ4v) is 4.68. The molecule has 2 atom stereocenters. The van der Waals surface area contributed by atoms with Gasteiger partial charge in [-0.15, -0.1) is 0 Å². The van der Waals surface area contributed by atoms with Gasteiger partial charge in [0.15, 0.2) is 17.2 Å². The van der Waals surface area contributed by atoms with Crippen LogP contribution in [0.1, 0.15) is 19.1 Å². The topological polar surface area (TPSA) is 116 Å². The number of aromatic nitrogens is 2. The van der Waals surface area contributed by atoms with Gasteiger partial charge in [-0.3, -0.25) is 9.09 Å². The number of ether oxygens (including phenoxy) is 3. The molecule has 3 aromatic rings. The molecule has 1 aliphatic rings. The number of nitrogen functional groups attached to an aromatic ring is 1. The van der Waals surface area contributed by atoms with Crippen molar-refractivity contribution >= 4 is 14.4 Å². The zero-order valence-corrected chi connectivity index (χ0v) is 21.3. The summed E-state index contributed by atoms with van der Waals surface area (Å²) in [5.74, 6) is 0.301. The molecule has 4 rings (SSSR count). The number of nitrogens with two attached hydrogens (primary N) is 1. The predicted octanol–water partition coefficient (Wildman–Crippen LogP) is 4.70. The monoisotopic (exact) mass is 555 g/mol. The molecule has 10 nitrogen and oxygen atoms in total. The van der Waals surface area contributed by atoms with Crippen LogP contribution in [0.15, 0.2) is 59.5 Å². The summed E-state index contributed by atoms with van der Waals surface area (Å²) in [4.78, 5) is 15.5. The Labute approximate surface area is 217 Å². The molecule has 1 saturated heterocycles. The van der Waals surface area contributed by atoms with Crippen molar-refractivity contribution in [2.75, 3.05) is 26.6 Å². The van der Waals surface area contributed by atoms with E-state index in [1.807, 2.05) is 0 Å². The molecule has 0 radical (unpaired) electrons. The van der Waals surface area contributed by atoms with Crippen molar-refractivity contribution in [3.63, 3.8) is 0 Å².